The number of hydrogen-bond donors (Lipinski definition) is 2. The lowest BCUT2D eigenvalue weighted by Gasteiger charge is -2.25. The summed E-state index contributed by atoms with van der Waals surface area (Å²) >= 11 is 0. The number of pyridine rings is 2. The predicted molar refractivity (Wildman–Crippen MR) is 270 cm³/mol. The van der Waals surface area contributed by atoms with Gasteiger partial charge in [0.2, 0.25) is 0 Å². The minimum absolute atomic E-state index is 0.00804. The van der Waals surface area contributed by atoms with Crippen LogP contribution in [0.3, 0.4) is 0 Å². The molecule has 18 heteroatoms. The van der Waals surface area contributed by atoms with Crippen molar-refractivity contribution in [2.45, 2.75) is 71.4 Å². The maximum absolute atomic E-state index is 13.2. The van der Waals surface area contributed by atoms with Crippen LogP contribution < -0.4 is 20.4 Å². The number of Topliss-reactive ketones (excluding diaryl/α,β-unsaturated/α-hetero) is 2. The van der Waals surface area contributed by atoms with Gasteiger partial charge in [-0.3, -0.25) is 23.3 Å². The molecular formula is C52H56N14O4. The average molecular weight is 941 g/mol. The van der Waals surface area contributed by atoms with Crippen molar-refractivity contribution in [2.75, 3.05) is 48.6 Å². The molecule has 2 N–H and O–H groups in total. The van der Waals surface area contributed by atoms with Crippen molar-refractivity contribution in [3.63, 3.8) is 0 Å². The maximum Gasteiger partial charge on any atom is 0.415 e. The van der Waals surface area contributed by atoms with E-state index in [-0.39, 0.29) is 11.6 Å². The lowest BCUT2D eigenvalue weighted by molar-refractivity contribution is 0.0587. The number of ether oxygens (including phenoxy) is 1. The molecule has 0 unspecified atom stereocenters. The molecule has 2 fully saturated rings. The summed E-state index contributed by atoms with van der Waals surface area (Å²) in [4.78, 5) is 61.5. The second-order valence-electron chi connectivity index (χ2n) is 19.1. The fourth-order valence-corrected chi connectivity index (χ4v) is 8.66. The smallest absolute Gasteiger partial charge is 0.415 e. The van der Waals surface area contributed by atoms with Crippen LogP contribution in [0.2, 0.25) is 0 Å². The summed E-state index contributed by atoms with van der Waals surface area (Å²) < 4.78 is 12.9. The first-order chi connectivity index (χ1) is 33.8. The summed E-state index contributed by atoms with van der Waals surface area (Å²) in [5.41, 5.74) is 9.02. The second-order valence-corrected chi connectivity index (χ2v) is 19.1. The third-order valence-corrected chi connectivity index (χ3v) is 12.7. The van der Waals surface area contributed by atoms with Gasteiger partial charge in [0.25, 0.3) is 0 Å². The predicted octanol–water partition coefficient (Wildman–Crippen LogP) is 9.14. The minimum Gasteiger partial charge on any atom is -0.443 e. The highest BCUT2D eigenvalue weighted by atomic mass is 16.6. The van der Waals surface area contributed by atoms with E-state index in [1.165, 1.54) is 10.5 Å². The molecule has 9 aromatic rings. The molecule has 8 heterocycles. The molecule has 2 aliphatic rings. The summed E-state index contributed by atoms with van der Waals surface area (Å²) in [6.45, 7) is 6.18. The third kappa shape index (κ3) is 9.11. The number of nitrogens with one attached hydrogen (secondary N) is 2. The highest BCUT2D eigenvalue weighted by Crippen LogP contribution is 2.37. The summed E-state index contributed by atoms with van der Waals surface area (Å²) in [6.07, 6.45) is 15.4. The molecule has 0 spiro atoms. The molecule has 11 rings (SSSR count). The van der Waals surface area contributed by atoms with Gasteiger partial charge in [-0.1, -0.05) is 30.3 Å². The summed E-state index contributed by atoms with van der Waals surface area (Å²) in [6, 6.07) is 22.0. The Balaban J connectivity index is 0.000000175. The van der Waals surface area contributed by atoms with Gasteiger partial charge in [-0.25, -0.2) is 24.7 Å². The monoisotopic (exact) mass is 940 g/mol. The van der Waals surface area contributed by atoms with Crippen LogP contribution in [0, 0.1) is 11.8 Å². The number of aromatic nitrogens is 10. The van der Waals surface area contributed by atoms with Gasteiger partial charge >= 0.3 is 6.09 Å². The number of carbonyl (C=O) groups is 3. The number of rotatable bonds is 14. The summed E-state index contributed by atoms with van der Waals surface area (Å²) in [5.74, 6) is 2.28. The zero-order chi connectivity index (χ0) is 48.8. The van der Waals surface area contributed by atoms with Crippen molar-refractivity contribution in [1.82, 2.24) is 48.0 Å². The molecule has 2 aliphatic carbocycles. The molecule has 18 nitrogen and oxygen atoms in total. The van der Waals surface area contributed by atoms with Crippen LogP contribution >= 0.6 is 0 Å². The number of anilines is 4. The molecule has 358 valence electrons. The van der Waals surface area contributed by atoms with E-state index in [0.717, 1.165) is 77.8 Å². The van der Waals surface area contributed by atoms with Gasteiger partial charge in [0.1, 0.15) is 17.2 Å². The number of nitrogens with zero attached hydrogens (tertiary/aromatic N) is 12. The van der Waals surface area contributed by atoms with Crippen molar-refractivity contribution in [3.05, 3.63) is 121 Å². The quantitative estimate of drug-likeness (QED) is 0.0985. The summed E-state index contributed by atoms with van der Waals surface area (Å²) in [5, 5.41) is 15.2. The van der Waals surface area contributed by atoms with Crippen molar-refractivity contribution in [1.29, 1.82) is 0 Å². The molecule has 0 bridgehead atoms. The topological polar surface area (TPSA) is 186 Å². The average Bonchev–Trinajstić information content (AvgIpc) is 4.04. The molecule has 2 saturated carbocycles. The zero-order valence-electron chi connectivity index (χ0n) is 40.4. The van der Waals surface area contributed by atoms with Crippen LogP contribution in [0.15, 0.2) is 104 Å². The Morgan fingerprint density at radius 1 is 0.700 bits per heavy atom. The van der Waals surface area contributed by atoms with E-state index in [0.29, 0.717) is 58.6 Å². The number of hydrogen-bond acceptors (Lipinski definition) is 13. The van der Waals surface area contributed by atoms with Crippen molar-refractivity contribution in [2.24, 2.45) is 11.8 Å². The van der Waals surface area contributed by atoms with Gasteiger partial charge in [-0.2, -0.15) is 19.2 Å². The molecule has 1 amide bonds. The number of ketones is 2. The molecule has 70 heavy (non-hydrogen) atoms. The van der Waals surface area contributed by atoms with Crippen LogP contribution in [0.1, 0.15) is 85.6 Å². The van der Waals surface area contributed by atoms with E-state index in [4.69, 9.17) is 14.7 Å². The largest absolute Gasteiger partial charge is 0.443 e. The normalized spacial score (nSPS) is 13.6. The van der Waals surface area contributed by atoms with E-state index >= 15 is 0 Å². The standard InChI is InChI=1S/C32H35N7O3.C20H21N7O/c1-32(2,3)42-31(41)37(5)28-18-24(35-29-23(19-34-39(28)29)27(40)17-21-11-12-21)25-13-14-26(30-33-15-16-38(25)30)36(4)20-22-9-7-6-8-10-22;1-21-14-5-6-16(26-8-7-23-20(14)26)15-10-18(22-2)27-19(25-15)13(11-24-27)17(28)9-12-3-4-12/h6-10,13-16,18-19,21H,11-12,17,20H2,1-5H3;5-8,10-12,21-22H,3-4,9H2,1-2H3. The lowest BCUT2D eigenvalue weighted by atomic mass is 10.1. The lowest BCUT2D eigenvalue weighted by Crippen LogP contribution is -2.35. The van der Waals surface area contributed by atoms with Gasteiger partial charge in [0, 0.05) is 84.5 Å². The number of fused-ring (bicyclic) bond motifs is 4. The van der Waals surface area contributed by atoms with Crippen molar-refractivity contribution >= 4 is 63.3 Å². The van der Waals surface area contributed by atoms with Crippen LogP contribution in [-0.4, -0.2) is 99.4 Å². The Bertz CT molecular complexity index is 3430. The molecule has 1 aromatic carbocycles. The van der Waals surface area contributed by atoms with Gasteiger partial charge in [0.15, 0.2) is 34.2 Å². The van der Waals surface area contributed by atoms with Crippen LogP contribution in [0.4, 0.5) is 27.8 Å². The van der Waals surface area contributed by atoms with E-state index in [1.807, 2.05) is 112 Å². The Kier molecular flexibility index (Phi) is 12.0. The molecule has 0 saturated heterocycles. The number of imidazole rings is 2. The van der Waals surface area contributed by atoms with Gasteiger partial charge in [-0.05, 0) is 88.1 Å². The van der Waals surface area contributed by atoms with Crippen molar-refractivity contribution < 1.29 is 19.1 Å². The molecule has 0 radical (unpaired) electrons. The fourth-order valence-electron chi connectivity index (χ4n) is 8.66. The number of benzene rings is 1. The van der Waals surface area contributed by atoms with Crippen LogP contribution in [0.5, 0.6) is 0 Å². The highest BCUT2D eigenvalue weighted by Gasteiger charge is 2.30. The summed E-state index contributed by atoms with van der Waals surface area (Å²) in [7, 11) is 7.38. The molecule has 0 aliphatic heterocycles. The van der Waals surface area contributed by atoms with E-state index < -0.39 is 11.7 Å². The Morgan fingerprint density at radius 2 is 1.27 bits per heavy atom. The zero-order valence-corrected chi connectivity index (χ0v) is 40.4. The SMILES string of the molecule is CN(Cc1ccccc1)c1ccc(-c2cc(N(C)C(=O)OC(C)(C)C)n3ncc(C(=O)CC4CC4)c3n2)n2ccnc12.CNc1ccc(-c2cc(NC)n3ncc(C(=O)CC4CC4)c3n2)n2ccnc12. The third-order valence-electron chi connectivity index (χ3n) is 12.7. The van der Waals surface area contributed by atoms with Gasteiger partial charge < -0.3 is 20.3 Å². The fraction of sp³-hybridized carbons (Fsp3) is 0.327. The van der Waals surface area contributed by atoms with E-state index in [1.54, 1.807) is 46.9 Å². The Labute approximate surface area is 404 Å². The number of carbonyl (C=O) groups excluding carboxylic acids is 3. The van der Waals surface area contributed by atoms with Gasteiger partial charge in [0.05, 0.1) is 57.7 Å². The minimum atomic E-state index is -0.680. The first kappa shape index (κ1) is 45.6. The number of amides is 1. The van der Waals surface area contributed by atoms with E-state index in [2.05, 4.69) is 47.8 Å². The highest BCUT2D eigenvalue weighted by molar-refractivity contribution is 6.03. The molecular weight excluding hydrogens is 885 g/mol. The Morgan fingerprint density at radius 3 is 1.87 bits per heavy atom. The van der Waals surface area contributed by atoms with Gasteiger partial charge in [-0.15, -0.1) is 0 Å². The second kappa shape index (κ2) is 18.4. The molecule has 0 atom stereocenters. The van der Waals surface area contributed by atoms with Crippen LogP contribution in [0.25, 0.3) is 45.4 Å². The van der Waals surface area contributed by atoms with Crippen LogP contribution in [-0.2, 0) is 11.3 Å². The molecule has 8 aromatic heterocycles. The first-order valence-corrected chi connectivity index (χ1v) is 23.6. The maximum atomic E-state index is 13.2. The Hall–Kier alpha value is -8.15. The van der Waals surface area contributed by atoms with Crippen molar-refractivity contribution in [3.8, 4) is 22.8 Å². The van der Waals surface area contributed by atoms with E-state index in [9.17, 15) is 14.4 Å². The first-order valence-electron chi connectivity index (χ1n) is 23.6.